The monoisotopic (exact) mass is 430 g/mol. The molecule has 1 atom stereocenters. The smallest absolute Gasteiger partial charge is 0.410 e. The van der Waals surface area contributed by atoms with E-state index in [-0.39, 0.29) is 12.6 Å². The summed E-state index contributed by atoms with van der Waals surface area (Å²) >= 11 is 18.7. The maximum Gasteiger partial charge on any atom is 0.410 e. The molecular weight excluding hydrogens is 415 g/mol. The maximum atomic E-state index is 12.6. The zero-order valence-corrected chi connectivity index (χ0v) is 16.9. The van der Waals surface area contributed by atoms with Gasteiger partial charge < -0.3 is 4.74 Å². The van der Waals surface area contributed by atoms with Crippen molar-refractivity contribution >= 4 is 52.7 Å². The van der Waals surface area contributed by atoms with Crippen molar-refractivity contribution in [2.45, 2.75) is 21.3 Å². The molecule has 1 aliphatic heterocycles. The van der Waals surface area contributed by atoms with Gasteiger partial charge in [0.1, 0.15) is 6.61 Å². The molecule has 3 rings (SSSR count). The minimum absolute atomic E-state index is 0.130. The van der Waals surface area contributed by atoms with Crippen LogP contribution in [-0.4, -0.2) is 38.7 Å². The first-order chi connectivity index (χ1) is 12.4. The average Bonchev–Trinajstić information content (AvgIpc) is 2.64. The van der Waals surface area contributed by atoms with Gasteiger partial charge in [0.25, 0.3) is 0 Å². The lowest BCUT2D eigenvalue weighted by molar-refractivity contribution is 0.0882. The Hall–Kier alpha value is -1.14. The Kier molecular flexibility index (Phi) is 6.56. The number of carbonyl (C=O) groups excluding carboxylic acids is 1. The first kappa shape index (κ1) is 19.6. The fourth-order valence-corrected chi connectivity index (χ4v) is 4.04. The van der Waals surface area contributed by atoms with Gasteiger partial charge in [0.2, 0.25) is 3.79 Å². The zero-order chi connectivity index (χ0) is 18.6. The molecule has 1 unspecified atom stereocenters. The molecule has 2 aromatic rings. The minimum atomic E-state index is -1.62. The fraction of sp³-hybridized carbons (Fsp3) is 0.333. The standard InChI is InChI=1S/C18H17Cl3N2O2S/c19-18(20,21)12-25-17(24)23-10-8-13-5-1-2-6-14(13)15(23)11-26-16-7-3-4-9-22-16/h1-7,9,15H,8,10-12H2. The summed E-state index contributed by atoms with van der Waals surface area (Å²) in [5.41, 5.74) is 2.36. The highest BCUT2D eigenvalue weighted by molar-refractivity contribution is 7.99. The fourth-order valence-electron chi connectivity index (χ4n) is 2.87. The summed E-state index contributed by atoms with van der Waals surface area (Å²) < 4.78 is 3.59. The van der Waals surface area contributed by atoms with E-state index >= 15 is 0 Å². The number of rotatable bonds is 4. The molecule has 0 saturated carbocycles. The van der Waals surface area contributed by atoms with Gasteiger partial charge in [-0.1, -0.05) is 65.1 Å². The number of aromatic nitrogens is 1. The van der Waals surface area contributed by atoms with E-state index in [2.05, 4.69) is 11.1 Å². The van der Waals surface area contributed by atoms with Gasteiger partial charge in [-0.05, 0) is 29.7 Å². The summed E-state index contributed by atoms with van der Waals surface area (Å²) in [6.07, 6.45) is 2.05. The second-order valence-corrected chi connectivity index (χ2v) is 9.36. The van der Waals surface area contributed by atoms with Gasteiger partial charge in [-0.25, -0.2) is 9.78 Å². The predicted molar refractivity (Wildman–Crippen MR) is 106 cm³/mol. The molecule has 1 aromatic carbocycles. The number of carbonyl (C=O) groups is 1. The number of alkyl halides is 3. The minimum Gasteiger partial charge on any atom is -0.445 e. The predicted octanol–water partition coefficient (Wildman–Crippen LogP) is 5.28. The van der Waals surface area contributed by atoms with Crippen molar-refractivity contribution < 1.29 is 9.53 Å². The topological polar surface area (TPSA) is 42.4 Å². The van der Waals surface area contributed by atoms with Crippen LogP contribution in [0.1, 0.15) is 17.2 Å². The molecule has 138 valence electrons. The second-order valence-electron chi connectivity index (χ2n) is 5.81. The largest absolute Gasteiger partial charge is 0.445 e. The third-order valence-electron chi connectivity index (χ3n) is 4.03. The average molecular weight is 432 g/mol. The molecule has 1 amide bonds. The van der Waals surface area contributed by atoms with Gasteiger partial charge in [0.05, 0.1) is 11.1 Å². The van der Waals surface area contributed by atoms with Crippen LogP contribution in [0.15, 0.2) is 53.7 Å². The highest BCUT2D eigenvalue weighted by Crippen LogP contribution is 2.35. The van der Waals surface area contributed by atoms with E-state index in [1.165, 1.54) is 5.56 Å². The van der Waals surface area contributed by atoms with Crippen LogP contribution in [0.4, 0.5) is 4.79 Å². The Balaban J connectivity index is 1.77. The summed E-state index contributed by atoms with van der Waals surface area (Å²) in [7, 11) is 0. The van der Waals surface area contributed by atoms with Crippen LogP contribution in [0.2, 0.25) is 0 Å². The normalized spacial score (nSPS) is 16.9. The van der Waals surface area contributed by atoms with Gasteiger partial charge in [-0.15, -0.1) is 11.8 Å². The number of hydrogen-bond acceptors (Lipinski definition) is 4. The third-order valence-corrected chi connectivity index (χ3v) is 5.38. The molecule has 0 N–H and O–H groups in total. The van der Waals surface area contributed by atoms with Crippen molar-refractivity contribution in [1.82, 2.24) is 9.88 Å². The highest BCUT2D eigenvalue weighted by Gasteiger charge is 2.33. The number of nitrogens with zero attached hydrogens (tertiary/aromatic N) is 2. The van der Waals surface area contributed by atoms with E-state index in [0.29, 0.717) is 12.3 Å². The summed E-state index contributed by atoms with van der Waals surface area (Å²) in [4.78, 5) is 18.6. The first-order valence-corrected chi connectivity index (χ1v) is 10.2. The SMILES string of the molecule is O=C(OCC(Cl)(Cl)Cl)N1CCc2ccccc2C1CSc1ccccn1. The number of hydrogen-bond donors (Lipinski definition) is 0. The summed E-state index contributed by atoms with van der Waals surface area (Å²) in [5, 5.41) is 0.908. The third kappa shape index (κ3) is 5.19. The van der Waals surface area contributed by atoms with Gasteiger partial charge in [0.15, 0.2) is 0 Å². The van der Waals surface area contributed by atoms with Crippen molar-refractivity contribution in [2.75, 3.05) is 18.9 Å². The van der Waals surface area contributed by atoms with Gasteiger partial charge in [0, 0.05) is 18.5 Å². The molecule has 8 heteroatoms. The first-order valence-electron chi connectivity index (χ1n) is 8.06. The van der Waals surface area contributed by atoms with E-state index in [1.54, 1.807) is 22.9 Å². The summed E-state index contributed by atoms with van der Waals surface area (Å²) in [6.45, 7) is 0.276. The van der Waals surface area contributed by atoms with Crippen LogP contribution in [-0.2, 0) is 11.2 Å². The molecule has 0 radical (unpaired) electrons. The van der Waals surface area contributed by atoms with Crippen molar-refractivity contribution in [3.05, 3.63) is 59.8 Å². The molecule has 0 fully saturated rings. The molecule has 1 aliphatic rings. The molecule has 2 heterocycles. The number of halogens is 3. The second kappa shape index (κ2) is 8.70. The van der Waals surface area contributed by atoms with Crippen LogP contribution < -0.4 is 0 Å². The molecule has 0 aliphatic carbocycles. The number of amides is 1. The zero-order valence-electron chi connectivity index (χ0n) is 13.8. The van der Waals surface area contributed by atoms with Crippen LogP contribution >= 0.6 is 46.6 Å². The van der Waals surface area contributed by atoms with Gasteiger partial charge >= 0.3 is 6.09 Å². The van der Waals surface area contributed by atoms with E-state index in [9.17, 15) is 4.79 Å². The number of pyridine rings is 1. The maximum absolute atomic E-state index is 12.6. The summed E-state index contributed by atoms with van der Waals surface area (Å²) in [5.74, 6) is 0.664. The Bertz CT molecular complexity index is 756. The highest BCUT2D eigenvalue weighted by atomic mass is 35.6. The lowest BCUT2D eigenvalue weighted by Gasteiger charge is -2.36. The molecule has 26 heavy (non-hydrogen) atoms. The van der Waals surface area contributed by atoms with E-state index in [1.807, 2.05) is 36.4 Å². The van der Waals surface area contributed by atoms with E-state index < -0.39 is 9.89 Å². The number of fused-ring (bicyclic) bond motifs is 1. The number of ether oxygens (including phenoxy) is 1. The molecule has 0 saturated heterocycles. The van der Waals surface area contributed by atoms with Crippen molar-refractivity contribution in [2.24, 2.45) is 0 Å². The Morgan fingerprint density at radius 3 is 2.73 bits per heavy atom. The van der Waals surface area contributed by atoms with Crippen molar-refractivity contribution in [1.29, 1.82) is 0 Å². The van der Waals surface area contributed by atoms with Gasteiger partial charge in [-0.2, -0.15) is 0 Å². The van der Waals surface area contributed by atoms with Crippen molar-refractivity contribution in [3.8, 4) is 0 Å². The lowest BCUT2D eigenvalue weighted by atomic mass is 9.94. The molecular formula is C18H17Cl3N2O2S. The number of thioether (sulfide) groups is 1. The Labute approximate surface area is 171 Å². The van der Waals surface area contributed by atoms with Crippen LogP contribution in [0.25, 0.3) is 0 Å². The molecule has 4 nitrogen and oxygen atoms in total. The van der Waals surface area contributed by atoms with Crippen LogP contribution in [0.5, 0.6) is 0 Å². The summed E-state index contributed by atoms with van der Waals surface area (Å²) in [6, 6.07) is 13.8. The quantitative estimate of drug-likeness (QED) is 0.488. The van der Waals surface area contributed by atoms with Gasteiger partial charge in [-0.3, -0.25) is 4.90 Å². The van der Waals surface area contributed by atoms with E-state index in [4.69, 9.17) is 39.5 Å². The Morgan fingerprint density at radius 2 is 2.00 bits per heavy atom. The Morgan fingerprint density at radius 1 is 1.23 bits per heavy atom. The molecule has 0 spiro atoms. The van der Waals surface area contributed by atoms with E-state index in [0.717, 1.165) is 17.0 Å². The van der Waals surface area contributed by atoms with Crippen molar-refractivity contribution in [3.63, 3.8) is 0 Å². The molecule has 1 aromatic heterocycles. The lowest BCUT2D eigenvalue weighted by Crippen LogP contribution is -2.42. The van der Waals surface area contributed by atoms with Crippen LogP contribution in [0.3, 0.4) is 0 Å². The van der Waals surface area contributed by atoms with Crippen LogP contribution in [0, 0.1) is 0 Å². The number of benzene rings is 1. The molecule has 0 bridgehead atoms.